The van der Waals surface area contributed by atoms with Gasteiger partial charge in [-0.05, 0) is 31.5 Å². The molecule has 0 saturated carbocycles. The number of carboxylic acid groups (broad SMARTS) is 1. The van der Waals surface area contributed by atoms with Crippen molar-refractivity contribution in [2.45, 2.75) is 40.5 Å². The van der Waals surface area contributed by atoms with E-state index in [2.05, 4.69) is 15.7 Å². The second-order valence-corrected chi connectivity index (χ2v) is 7.57. The number of hydrogen-bond donors (Lipinski definition) is 3. The summed E-state index contributed by atoms with van der Waals surface area (Å²) >= 11 is 0. The highest BCUT2D eigenvalue weighted by molar-refractivity contribution is 5.91. The lowest BCUT2D eigenvalue weighted by Gasteiger charge is -2.17. The highest BCUT2D eigenvalue weighted by Gasteiger charge is 2.20. The van der Waals surface area contributed by atoms with Gasteiger partial charge >= 0.3 is 5.97 Å². The van der Waals surface area contributed by atoms with Crippen LogP contribution in [0.1, 0.15) is 49.7 Å². The quantitative estimate of drug-likeness (QED) is 0.633. The van der Waals surface area contributed by atoms with E-state index in [1.54, 1.807) is 31.2 Å². The number of hydrogen-bond acceptors (Lipinski definition) is 4. The minimum absolute atomic E-state index is 0.0454. The molecule has 8 nitrogen and oxygen atoms in total. The van der Waals surface area contributed by atoms with Gasteiger partial charge in [-0.15, -0.1) is 0 Å². The SMILES string of the molecule is Cc1c(C(=O)O)cnn1-c1cccc(NC(=O)CCCNC(=O)C(C)(C)C)c1. The van der Waals surface area contributed by atoms with Crippen LogP contribution in [0, 0.1) is 12.3 Å². The van der Waals surface area contributed by atoms with Crippen molar-refractivity contribution in [3.05, 3.63) is 41.7 Å². The number of aromatic carboxylic acids is 1. The number of aromatic nitrogens is 2. The average Bonchev–Trinajstić information content (AvgIpc) is 2.99. The smallest absolute Gasteiger partial charge is 0.339 e. The fourth-order valence-electron chi connectivity index (χ4n) is 2.53. The first-order chi connectivity index (χ1) is 13.1. The van der Waals surface area contributed by atoms with Crippen LogP contribution < -0.4 is 10.6 Å². The third-order valence-corrected chi connectivity index (χ3v) is 4.16. The van der Waals surface area contributed by atoms with Crippen molar-refractivity contribution in [1.29, 1.82) is 0 Å². The van der Waals surface area contributed by atoms with E-state index in [9.17, 15) is 14.4 Å². The molecule has 0 atom stereocenters. The lowest BCUT2D eigenvalue weighted by atomic mass is 9.96. The molecule has 150 valence electrons. The Morgan fingerprint density at radius 1 is 1.21 bits per heavy atom. The fourth-order valence-corrected chi connectivity index (χ4v) is 2.53. The van der Waals surface area contributed by atoms with Gasteiger partial charge in [0.25, 0.3) is 0 Å². The Morgan fingerprint density at radius 3 is 2.54 bits per heavy atom. The number of nitrogens with one attached hydrogen (secondary N) is 2. The third-order valence-electron chi connectivity index (χ3n) is 4.16. The van der Waals surface area contributed by atoms with E-state index in [0.717, 1.165) is 0 Å². The highest BCUT2D eigenvalue weighted by atomic mass is 16.4. The van der Waals surface area contributed by atoms with Gasteiger partial charge in [0.1, 0.15) is 5.56 Å². The van der Waals surface area contributed by atoms with Crippen LogP contribution in [-0.2, 0) is 9.59 Å². The largest absolute Gasteiger partial charge is 0.478 e. The van der Waals surface area contributed by atoms with Crippen molar-refractivity contribution in [1.82, 2.24) is 15.1 Å². The zero-order valence-corrected chi connectivity index (χ0v) is 16.6. The van der Waals surface area contributed by atoms with E-state index in [1.807, 2.05) is 20.8 Å². The topological polar surface area (TPSA) is 113 Å². The van der Waals surface area contributed by atoms with E-state index in [-0.39, 0.29) is 23.8 Å². The Hall–Kier alpha value is -3.16. The predicted octanol–water partition coefficient (Wildman–Crippen LogP) is 2.76. The van der Waals surface area contributed by atoms with E-state index in [0.29, 0.717) is 30.0 Å². The van der Waals surface area contributed by atoms with Gasteiger partial charge in [-0.25, -0.2) is 9.48 Å². The maximum atomic E-state index is 12.1. The van der Waals surface area contributed by atoms with Crippen molar-refractivity contribution >= 4 is 23.5 Å². The van der Waals surface area contributed by atoms with Gasteiger partial charge in [-0.2, -0.15) is 5.10 Å². The van der Waals surface area contributed by atoms with Crippen molar-refractivity contribution in [3.63, 3.8) is 0 Å². The van der Waals surface area contributed by atoms with Gasteiger partial charge in [0.2, 0.25) is 11.8 Å². The van der Waals surface area contributed by atoms with Crippen LogP contribution in [0.3, 0.4) is 0 Å². The zero-order valence-electron chi connectivity index (χ0n) is 16.6. The predicted molar refractivity (Wildman–Crippen MR) is 106 cm³/mol. The Labute approximate surface area is 163 Å². The first kappa shape index (κ1) is 21.1. The van der Waals surface area contributed by atoms with Crippen LogP contribution >= 0.6 is 0 Å². The van der Waals surface area contributed by atoms with Gasteiger partial charge in [-0.1, -0.05) is 26.8 Å². The second-order valence-electron chi connectivity index (χ2n) is 7.57. The molecule has 3 N–H and O–H groups in total. The molecule has 0 aliphatic heterocycles. The van der Waals surface area contributed by atoms with Crippen LogP contribution in [0.25, 0.3) is 5.69 Å². The Bertz CT molecular complexity index is 881. The van der Waals surface area contributed by atoms with Crippen LogP contribution in [0.5, 0.6) is 0 Å². The maximum absolute atomic E-state index is 12.1. The molecule has 8 heteroatoms. The van der Waals surface area contributed by atoms with E-state index < -0.39 is 11.4 Å². The van der Waals surface area contributed by atoms with Crippen molar-refractivity contribution in [2.75, 3.05) is 11.9 Å². The highest BCUT2D eigenvalue weighted by Crippen LogP contribution is 2.18. The summed E-state index contributed by atoms with van der Waals surface area (Å²) in [4.78, 5) is 35.1. The van der Waals surface area contributed by atoms with Gasteiger partial charge in [0.15, 0.2) is 0 Å². The summed E-state index contributed by atoms with van der Waals surface area (Å²) in [6.07, 6.45) is 2.11. The number of carboxylic acids is 1. The van der Waals surface area contributed by atoms with Gasteiger partial charge in [-0.3, -0.25) is 9.59 Å². The summed E-state index contributed by atoms with van der Waals surface area (Å²) in [6.45, 7) is 7.62. The summed E-state index contributed by atoms with van der Waals surface area (Å²) in [5, 5.41) is 18.9. The number of carbonyl (C=O) groups is 3. The maximum Gasteiger partial charge on any atom is 0.339 e. The van der Waals surface area contributed by atoms with E-state index in [4.69, 9.17) is 5.11 Å². The molecular formula is C20H26N4O4. The Morgan fingerprint density at radius 2 is 1.93 bits per heavy atom. The van der Waals surface area contributed by atoms with Crippen molar-refractivity contribution < 1.29 is 19.5 Å². The van der Waals surface area contributed by atoms with E-state index >= 15 is 0 Å². The van der Waals surface area contributed by atoms with Crippen LogP contribution in [0.4, 0.5) is 5.69 Å². The molecule has 0 fully saturated rings. The molecule has 2 amide bonds. The summed E-state index contributed by atoms with van der Waals surface area (Å²) in [5.74, 6) is -1.24. The third kappa shape index (κ3) is 5.42. The van der Waals surface area contributed by atoms with Crippen LogP contribution in [0.15, 0.2) is 30.5 Å². The Kier molecular flexibility index (Phi) is 6.56. The molecule has 2 aromatic rings. The second kappa shape index (κ2) is 8.69. The van der Waals surface area contributed by atoms with Crippen LogP contribution in [-0.4, -0.2) is 39.2 Å². The first-order valence-electron chi connectivity index (χ1n) is 9.06. The summed E-state index contributed by atoms with van der Waals surface area (Å²) in [6, 6.07) is 7.02. The summed E-state index contributed by atoms with van der Waals surface area (Å²) in [5.41, 5.74) is 1.43. The number of nitrogens with zero attached hydrogens (tertiary/aromatic N) is 2. The molecule has 1 aromatic carbocycles. The number of anilines is 1. The Balaban J connectivity index is 1.93. The van der Waals surface area contributed by atoms with E-state index in [1.165, 1.54) is 10.9 Å². The molecule has 2 rings (SSSR count). The summed E-state index contributed by atoms with van der Waals surface area (Å²) < 4.78 is 1.52. The molecule has 0 bridgehead atoms. The number of amides is 2. The van der Waals surface area contributed by atoms with Crippen molar-refractivity contribution in [3.8, 4) is 5.69 Å². The molecular weight excluding hydrogens is 360 g/mol. The molecule has 0 aliphatic carbocycles. The summed E-state index contributed by atoms with van der Waals surface area (Å²) in [7, 11) is 0. The fraction of sp³-hybridized carbons (Fsp3) is 0.400. The molecule has 0 spiro atoms. The standard InChI is InChI=1S/C20H26N4O4/c1-13-16(18(26)27)12-22-24(13)15-8-5-7-14(11-15)23-17(25)9-6-10-21-19(28)20(2,3)4/h5,7-8,11-12H,6,9-10H2,1-4H3,(H,21,28)(H,23,25)(H,26,27). The van der Waals surface area contributed by atoms with Crippen molar-refractivity contribution in [2.24, 2.45) is 5.41 Å². The molecule has 0 aliphatic rings. The lowest BCUT2D eigenvalue weighted by Crippen LogP contribution is -2.35. The van der Waals surface area contributed by atoms with Gasteiger partial charge < -0.3 is 15.7 Å². The van der Waals surface area contributed by atoms with Crippen LogP contribution in [0.2, 0.25) is 0 Å². The molecule has 0 radical (unpaired) electrons. The van der Waals surface area contributed by atoms with Gasteiger partial charge in [0, 0.05) is 24.1 Å². The minimum Gasteiger partial charge on any atom is -0.478 e. The minimum atomic E-state index is -1.04. The zero-order chi connectivity index (χ0) is 20.9. The number of carbonyl (C=O) groups excluding carboxylic acids is 2. The first-order valence-corrected chi connectivity index (χ1v) is 9.06. The average molecular weight is 386 g/mol. The molecule has 1 heterocycles. The molecule has 28 heavy (non-hydrogen) atoms. The molecule has 1 aromatic heterocycles. The monoisotopic (exact) mass is 386 g/mol. The number of rotatable bonds is 7. The molecule has 0 saturated heterocycles. The number of benzene rings is 1. The van der Waals surface area contributed by atoms with Gasteiger partial charge in [0.05, 0.1) is 17.6 Å². The normalized spacial score (nSPS) is 11.1. The lowest BCUT2D eigenvalue weighted by molar-refractivity contribution is -0.128. The molecule has 0 unspecified atom stereocenters.